The van der Waals surface area contributed by atoms with Gasteiger partial charge in [0.1, 0.15) is 11.8 Å². The molecule has 0 atom stereocenters. The number of primary amides is 1. The number of nitrogen functional groups attached to an aromatic ring is 1. The molecule has 0 bridgehead atoms. The van der Waals surface area contributed by atoms with Gasteiger partial charge in [-0.1, -0.05) is 0 Å². The summed E-state index contributed by atoms with van der Waals surface area (Å²) in [5.74, 6) is -0.563. The molecule has 14 heavy (non-hydrogen) atoms. The van der Waals surface area contributed by atoms with Crippen molar-refractivity contribution in [3.05, 3.63) is 17.0 Å². The van der Waals surface area contributed by atoms with Crippen LogP contribution in [-0.2, 0) is 13.0 Å². The van der Waals surface area contributed by atoms with Gasteiger partial charge in [-0.05, 0) is 12.8 Å². The Morgan fingerprint density at radius 3 is 2.86 bits per heavy atom. The summed E-state index contributed by atoms with van der Waals surface area (Å²) in [6, 6.07) is 2.02. The standard InChI is InChI=1S/C9H10N4O/c10-4-5-6-2-1-3-13(6)8(7(5)11)9(12)14/h1-3,11H2,(H2,12,14). The third-order valence-electron chi connectivity index (χ3n) is 2.55. The van der Waals surface area contributed by atoms with Crippen LogP contribution in [0.2, 0.25) is 0 Å². The Hall–Kier alpha value is -1.96. The first kappa shape index (κ1) is 8.63. The van der Waals surface area contributed by atoms with Gasteiger partial charge in [0.15, 0.2) is 0 Å². The van der Waals surface area contributed by atoms with Crippen LogP contribution in [0.4, 0.5) is 5.69 Å². The molecule has 4 N–H and O–H groups in total. The Labute approximate surface area is 80.9 Å². The first-order valence-corrected chi connectivity index (χ1v) is 4.37. The van der Waals surface area contributed by atoms with Crippen molar-refractivity contribution in [1.82, 2.24) is 4.57 Å². The predicted octanol–water partition coefficient (Wildman–Crippen LogP) is -0.0129. The number of rotatable bonds is 1. The third-order valence-corrected chi connectivity index (χ3v) is 2.55. The fourth-order valence-electron chi connectivity index (χ4n) is 1.99. The first-order chi connectivity index (χ1) is 6.66. The summed E-state index contributed by atoms with van der Waals surface area (Å²) in [5.41, 5.74) is 12.7. The molecule has 1 aromatic rings. The lowest BCUT2D eigenvalue weighted by Gasteiger charge is -2.01. The summed E-state index contributed by atoms with van der Waals surface area (Å²) in [7, 11) is 0. The van der Waals surface area contributed by atoms with Crippen molar-refractivity contribution < 1.29 is 4.79 Å². The number of hydrogen-bond acceptors (Lipinski definition) is 3. The van der Waals surface area contributed by atoms with Gasteiger partial charge in [-0.3, -0.25) is 4.79 Å². The van der Waals surface area contributed by atoms with E-state index in [1.54, 1.807) is 4.57 Å². The van der Waals surface area contributed by atoms with E-state index in [4.69, 9.17) is 16.7 Å². The topological polar surface area (TPSA) is 97.8 Å². The maximum atomic E-state index is 11.1. The van der Waals surface area contributed by atoms with Gasteiger partial charge < -0.3 is 16.0 Å². The maximum absolute atomic E-state index is 11.1. The van der Waals surface area contributed by atoms with Crippen molar-refractivity contribution in [3.63, 3.8) is 0 Å². The second-order valence-corrected chi connectivity index (χ2v) is 3.32. The van der Waals surface area contributed by atoms with Crippen molar-refractivity contribution in [2.75, 3.05) is 5.73 Å². The smallest absolute Gasteiger partial charge is 0.267 e. The van der Waals surface area contributed by atoms with Crippen LogP contribution in [-0.4, -0.2) is 10.5 Å². The lowest BCUT2D eigenvalue weighted by molar-refractivity contribution is 0.0992. The molecular weight excluding hydrogens is 180 g/mol. The van der Waals surface area contributed by atoms with Crippen molar-refractivity contribution in [3.8, 4) is 6.07 Å². The van der Waals surface area contributed by atoms with Gasteiger partial charge in [0.05, 0.1) is 11.3 Å². The van der Waals surface area contributed by atoms with Crippen LogP contribution in [0.15, 0.2) is 0 Å². The summed E-state index contributed by atoms with van der Waals surface area (Å²) >= 11 is 0. The van der Waals surface area contributed by atoms with Gasteiger partial charge >= 0.3 is 0 Å². The lowest BCUT2D eigenvalue weighted by Crippen LogP contribution is -2.17. The highest BCUT2D eigenvalue weighted by Crippen LogP contribution is 2.30. The molecule has 1 aliphatic heterocycles. The quantitative estimate of drug-likeness (QED) is 0.651. The summed E-state index contributed by atoms with van der Waals surface area (Å²) in [6.07, 6.45) is 1.73. The summed E-state index contributed by atoms with van der Waals surface area (Å²) in [4.78, 5) is 11.1. The van der Waals surface area contributed by atoms with E-state index in [0.717, 1.165) is 25.1 Å². The van der Waals surface area contributed by atoms with Crippen molar-refractivity contribution >= 4 is 11.6 Å². The number of amides is 1. The van der Waals surface area contributed by atoms with Crippen LogP contribution >= 0.6 is 0 Å². The van der Waals surface area contributed by atoms with Crippen LogP contribution in [0.1, 0.15) is 28.2 Å². The molecule has 0 spiro atoms. The summed E-state index contributed by atoms with van der Waals surface area (Å²) in [5, 5.41) is 8.88. The van der Waals surface area contributed by atoms with E-state index >= 15 is 0 Å². The van der Waals surface area contributed by atoms with E-state index in [1.807, 2.05) is 6.07 Å². The minimum Gasteiger partial charge on any atom is -0.396 e. The Morgan fingerprint density at radius 1 is 1.57 bits per heavy atom. The van der Waals surface area contributed by atoms with Gasteiger partial charge in [0, 0.05) is 12.2 Å². The Morgan fingerprint density at radius 2 is 2.29 bits per heavy atom. The summed E-state index contributed by atoms with van der Waals surface area (Å²) in [6.45, 7) is 0.722. The number of nitrogens with zero attached hydrogens (tertiary/aromatic N) is 2. The number of carbonyl (C=O) groups is 1. The molecule has 2 rings (SSSR count). The second-order valence-electron chi connectivity index (χ2n) is 3.32. The molecule has 0 unspecified atom stereocenters. The molecule has 0 radical (unpaired) electrons. The van der Waals surface area contributed by atoms with Crippen LogP contribution in [0.3, 0.4) is 0 Å². The van der Waals surface area contributed by atoms with E-state index in [2.05, 4.69) is 0 Å². The molecule has 2 heterocycles. The van der Waals surface area contributed by atoms with Crippen molar-refractivity contribution in [2.24, 2.45) is 5.73 Å². The van der Waals surface area contributed by atoms with Crippen LogP contribution in [0.5, 0.6) is 0 Å². The van der Waals surface area contributed by atoms with Crippen LogP contribution in [0, 0.1) is 11.3 Å². The normalized spacial score (nSPS) is 13.6. The minimum atomic E-state index is -0.563. The van der Waals surface area contributed by atoms with Crippen LogP contribution < -0.4 is 11.5 Å². The number of carbonyl (C=O) groups excluding carboxylic acids is 1. The highest BCUT2D eigenvalue weighted by atomic mass is 16.1. The van der Waals surface area contributed by atoms with Gasteiger partial charge in [0.25, 0.3) is 5.91 Å². The first-order valence-electron chi connectivity index (χ1n) is 4.37. The van der Waals surface area contributed by atoms with E-state index in [0.29, 0.717) is 5.56 Å². The molecule has 1 amide bonds. The zero-order valence-electron chi connectivity index (χ0n) is 7.58. The molecular formula is C9H10N4O. The minimum absolute atomic E-state index is 0.231. The van der Waals surface area contributed by atoms with Crippen LogP contribution in [0.25, 0.3) is 0 Å². The molecule has 5 heteroatoms. The summed E-state index contributed by atoms with van der Waals surface area (Å²) < 4.78 is 1.76. The van der Waals surface area contributed by atoms with E-state index in [1.165, 1.54) is 0 Å². The SMILES string of the molecule is N#Cc1c(N)c(C(N)=O)n2c1CCC2. The molecule has 0 saturated carbocycles. The third kappa shape index (κ3) is 0.909. The van der Waals surface area contributed by atoms with Gasteiger partial charge in [-0.25, -0.2) is 0 Å². The molecule has 0 fully saturated rings. The predicted molar refractivity (Wildman–Crippen MR) is 50.4 cm³/mol. The van der Waals surface area contributed by atoms with E-state index in [9.17, 15) is 4.79 Å². The molecule has 5 nitrogen and oxygen atoms in total. The molecule has 0 aliphatic carbocycles. The Kier molecular flexibility index (Phi) is 1.71. The monoisotopic (exact) mass is 190 g/mol. The number of nitriles is 1. The lowest BCUT2D eigenvalue weighted by atomic mass is 10.1. The highest BCUT2D eigenvalue weighted by Gasteiger charge is 2.26. The maximum Gasteiger partial charge on any atom is 0.267 e. The van der Waals surface area contributed by atoms with Crippen molar-refractivity contribution in [1.29, 1.82) is 5.26 Å². The fraction of sp³-hybridized carbons (Fsp3) is 0.333. The molecule has 0 saturated heterocycles. The molecule has 72 valence electrons. The zero-order valence-corrected chi connectivity index (χ0v) is 7.58. The molecule has 1 aliphatic rings. The average molecular weight is 190 g/mol. The Balaban J connectivity index is 2.74. The van der Waals surface area contributed by atoms with Gasteiger partial charge in [-0.15, -0.1) is 0 Å². The van der Waals surface area contributed by atoms with Gasteiger partial charge in [-0.2, -0.15) is 5.26 Å². The number of hydrogen-bond donors (Lipinski definition) is 2. The van der Waals surface area contributed by atoms with Crippen molar-refractivity contribution in [2.45, 2.75) is 19.4 Å². The number of aromatic nitrogens is 1. The number of anilines is 1. The zero-order chi connectivity index (χ0) is 10.3. The Bertz CT molecular complexity index is 452. The number of nitrogens with two attached hydrogens (primary N) is 2. The van der Waals surface area contributed by atoms with E-state index in [-0.39, 0.29) is 11.4 Å². The number of fused-ring (bicyclic) bond motifs is 1. The second kappa shape index (κ2) is 2.77. The largest absolute Gasteiger partial charge is 0.396 e. The molecule has 1 aromatic heterocycles. The average Bonchev–Trinajstić information content (AvgIpc) is 2.62. The van der Waals surface area contributed by atoms with E-state index < -0.39 is 5.91 Å². The molecule has 0 aromatic carbocycles. The highest BCUT2D eigenvalue weighted by molar-refractivity contribution is 5.98. The fourth-order valence-corrected chi connectivity index (χ4v) is 1.99. The van der Waals surface area contributed by atoms with Gasteiger partial charge in [0.2, 0.25) is 0 Å².